The third kappa shape index (κ3) is 3.26. The summed E-state index contributed by atoms with van der Waals surface area (Å²) in [6, 6.07) is 5.99. The maximum Gasteiger partial charge on any atom is 0.156 e. The molecule has 1 aliphatic rings. The lowest BCUT2D eigenvalue weighted by molar-refractivity contribution is 0.151. The number of likely N-dealkylation sites (N-methyl/N-ethyl adjacent to an activating group) is 1. The standard InChI is InChI=1S/C12H16Cl2N2O/c1-16(9-7-15-8-9)5-6-17-12-10(13)3-2-4-11(12)14/h2-4,9,15H,5-8H2,1H3. The molecule has 2 rings (SSSR count). The molecule has 0 atom stereocenters. The first-order chi connectivity index (χ1) is 8.18. The van der Waals surface area contributed by atoms with Crippen molar-refractivity contribution < 1.29 is 4.74 Å². The van der Waals surface area contributed by atoms with Crippen LogP contribution in [0.5, 0.6) is 5.75 Å². The normalized spacial score (nSPS) is 16.0. The van der Waals surface area contributed by atoms with E-state index in [2.05, 4.69) is 17.3 Å². The Morgan fingerprint density at radius 2 is 2.00 bits per heavy atom. The molecular formula is C12H16Cl2N2O. The van der Waals surface area contributed by atoms with Crippen LogP contribution in [-0.2, 0) is 0 Å². The number of halogens is 2. The van der Waals surface area contributed by atoms with Gasteiger partial charge < -0.3 is 10.1 Å². The van der Waals surface area contributed by atoms with Crippen LogP contribution >= 0.6 is 23.2 Å². The molecule has 0 amide bonds. The molecule has 1 N–H and O–H groups in total. The van der Waals surface area contributed by atoms with E-state index in [1.807, 2.05) is 6.07 Å². The van der Waals surface area contributed by atoms with Gasteiger partial charge in [-0.3, -0.25) is 4.90 Å². The van der Waals surface area contributed by atoms with Gasteiger partial charge in [0.15, 0.2) is 5.75 Å². The molecule has 0 radical (unpaired) electrons. The zero-order valence-electron chi connectivity index (χ0n) is 9.75. The number of nitrogens with zero attached hydrogens (tertiary/aromatic N) is 1. The Morgan fingerprint density at radius 1 is 1.35 bits per heavy atom. The van der Waals surface area contributed by atoms with Crippen molar-refractivity contribution >= 4 is 23.2 Å². The van der Waals surface area contributed by atoms with Crippen molar-refractivity contribution in [1.82, 2.24) is 10.2 Å². The van der Waals surface area contributed by atoms with E-state index in [-0.39, 0.29) is 0 Å². The molecule has 94 valence electrons. The van der Waals surface area contributed by atoms with E-state index < -0.39 is 0 Å². The second-order valence-electron chi connectivity index (χ2n) is 4.19. The molecule has 5 heteroatoms. The Hall–Kier alpha value is -0.480. The summed E-state index contributed by atoms with van der Waals surface area (Å²) in [5.41, 5.74) is 0. The Labute approximate surface area is 112 Å². The summed E-state index contributed by atoms with van der Waals surface area (Å²) < 4.78 is 5.63. The minimum Gasteiger partial charge on any atom is -0.489 e. The van der Waals surface area contributed by atoms with Crippen molar-refractivity contribution in [1.29, 1.82) is 0 Å². The maximum atomic E-state index is 6.01. The van der Waals surface area contributed by atoms with Gasteiger partial charge in [0, 0.05) is 25.7 Å². The molecule has 1 saturated heterocycles. The van der Waals surface area contributed by atoms with Gasteiger partial charge >= 0.3 is 0 Å². The molecule has 3 nitrogen and oxygen atoms in total. The first-order valence-corrected chi connectivity index (χ1v) is 6.42. The van der Waals surface area contributed by atoms with Crippen LogP contribution < -0.4 is 10.1 Å². The molecule has 1 aromatic rings. The van der Waals surface area contributed by atoms with Gasteiger partial charge in [0.05, 0.1) is 10.0 Å². The fourth-order valence-corrected chi connectivity index (χ4v) is 2.19. The Balaban J connectivity index is 1.81. The number of ether oxygens (including phenoxy) is 1. The SMILES string of the molecule is CN(CCOc1c(Cl)cccc1Cl)C1CNC1. The van der Waals surface area contributed by atoms with Crippen molar-refractivity contribution in [3.05, 3.63) is 28.2 Å². The zero-order valence-corrected chi connectivity index (χ0v) is 11.3. The highest BCUT2D eigenvalue weighted by atomic mass is 35.5. The Bertz CT molecular complexity index is 363. The van der Waals surface area contributed by atoms with Crippen molar-refractivity contribution in [2.75, 3.05) is 33.3 Å². The Kier molecular flexibility index (Phi) is 4.51. The van der Waals surface area contributed by atoms with E-state index in [1.165, 1.54) is 0 Å². The smallest absolute Gasteiger partial charge is 0.156 e. The summed E-state index contributed by atoms with van der Waals surface area (Å²) in [6.07, 6.45) is 0. The van der Waals surface area contributed by atoms with Crippen molar-refractivity contribution in [3.63, 3.8) is 0 Å². The topological polar surface area (TPSA) is 24.5 Å². The summed E-state index contributed by atoms with van der Waals surface area (Å²) in [7, 11) is 2.10. The summed E-state index contributed by atoms with van der Waals surface area (Å²) in [4.78, 5) is 2.28. The van der Waals surface area contributed by atoms with Crippen molar-refractivity contribution in [2.24, 2.45) is 0 Å². The molecule has 0 unspecified atom stereocenters. The number of para-hydroxylation sites is 1. The van der Waals surface area contributed by atoms with Crippen LogP contribution in [0.2, 0.25) is 10.0 Å². The van der Waals surface area contributed by atoms with Gasteiger partial charge in [0.25, 0.3) is 0 Å². The number of nitrogens with one attached hydrogen (secondary N) is 1. The second-order valence-corrected chi connectivity index (χ2v) is 5.01. The summed E-state index contributed by atoms with van der Waals surface area (Å²) >= 11 is 12.0. The lowest BCUT2D eigenvalue weighted by atomic mass is 10.1. The molecule has 1 aromatic carbocycles. The van der Waals surface area contributed by atoms with Crippen molar-refractivity contribution in [3.8, 4) is 5.75 Å². The predicted octanol–water partition coefficient (Wildman–Crippen LogP) is 2.28. The average molecular weight is 275 g/mol. The quantitative estimate of drug-likeness (QED) is 0.892. The first kappa shape index (κ1) is 13.0. The van der Waals surface area contributed by atoms with E-state index >= 15 is 0 Å². The highest BCUT2D eigenvalue weighted by Gasteiger charge is 2.21. The van der Waals surface area contributed by atoms with Gasteiger partial charge in [0.1, 0.15) is 6.61 Å². The molecule has 1 fully saturated rings. The van der Waals surface area contributed by atoms with Gasteiger partial charge in [-0.25, -0.2) is 0 Å². The van der Waals surface area contributed by atoms with E-state index in [9.17, 15) is 0 Å². The van der Waals surface area contributed by atoms with E-state index in [0.717, 1.165) is 19.6 Å². The fraction of sp³-hybridized carbons (Fsp3) is 0.500. The largest absolute Gasteiger partial charge is 0.489 e. The zero-order chi connectivity index (χ0) is 12.3. The van der Waals surface area contributed by atoms with Crippen LogP contribution in [-0.4, -0.2) is 44.2 Å². The van der Waals surface area contributed by atoms with Gasteiger partial charge in [-0.05, 0) is 19.2 Å². The van der Waals surface area contributed by atoms with Crippen LogP contribution in [0.4, 0.5) is 0 Å². The minimum atomic E-state index is 0.561. The van der Waals surface area contributed by atoms with Crippen LogP contribution in [0.25, 0.3) is 0 Å². The number of hydrogen-bond donors (Lipinski definition) is 1. The highest BCUT2D eigenvalue weighted by molar-refractivity contribution is 6.37. The highest BCUT2D eigenvalue weighted by Crippen LogP contribution is 2.32. The second kappa shape index (κ2) is 5.91. The minimum absolute atomic E-state index is 0.561. The van der Waals surface area contributed by atoms with Gasteiger partial charge in [-0.15, -0.1) is 0 Å². The fourth-order valence-electron chi connectivity index (χ4n) is 1.68. The van der Waals surface area contributed by atoms with E-state index in [4.69, 9.17) is 27.9 Å². The molecule has 17 heavy (non-hydrogen) atoms. The monoisotopic (exact) mass is 274 g/mol. The predicted molar refractivity (Wildman–Crippen MR) is 71.2 cm³/mol. The molecule has 0 bridgehead atoms. The molecule has 1 aliphatic heterocycles. The molecule has 0 spiro atoms. The van der Waals surface area contributed by atoms with Crippen LogP contribution in [0, 0.1) is 0 Å². The maximum absolute atomic E-state index is 6.01. The van der Waals surface area contributed by atoms with Gasteiger partial charge in [0.2, 0.25) is 0 Å². The molecule has 0 aromatic heterocycles. The third-order valence-electron chi connectivity index (χ3n) is 2.99. The number of benzene rings is 1. The Morgan fingerprint density at radius 3 is 2.53 bits per heavy atom. The molecular weight excluding hydrogens is 259 g/mol. The number of rotatable bonds is 5. The summed E-state index contributed by atoms with van der Waals surface area (Å²) in [5, 5.41) is 4.36. The molecule has 0 aliphatic carbocycles. The summed E-state index contributed by atoms with van der Waals surface area (Å²) in [5.74, 6) is 0.580. The number of hydrogen-bond acceptors (Lipinski definition) is 3. The average Bonchev–Trinajstić information content (AvgIpc) is 2.20. The van der Waals surface area contributed by atoms with Crippen LogP contribution in [0.1, 0.15) is 0 Å². The molecule has 0 saturated carbocycles. The molecule has 1 heterocycles. The first-order valence-electron chi connectivity index (χ1n) is 5.66. The van der Waals surface area contributed by atoms with Gasteiger partial charge in [-0.2, -0.15) is 0 Å². The van der Waals surface area contributed by atoms with Crippen LogP contribution in [0.3, 0.4) is 0 Å². The van der Waals surface area contributed by atoms with Crippen LogP contribution in [0.15, 0.2) is 18.2 Å². The lowest BCUT2D eigenvalue weighted by Crippen LogP contribution is -2.56. The van der Waals surface area contributed by atoms with Gasteiger partial charge in [-0.1, -0.05) is 29.3 Å². The van der Waals surface area contributed by atoms with E-state index in [0.29, 0.717) is 28.4 Å². The lowest BCUT2D eigenvalue weighted by Gasteiger charge is -2.35. The van der Waals surface area contributed by atoms with E-state index in [1.54, 1.807) is 12.1 Å². The third-order valence-corrected chi connectivity index (χ3v) is 3.59. The summed E-state index contributed by atoms with van der Waals surface area (Å²) in [6.45, 7) is 3.58. The van der Waals surface area contributed by atoms with Crippen molar-refractivity contribution in [2.45, 2.75) is 6.04 Å².